The molecule has 2 atom stereocenters. The van der Waals surface area contributed by atoms with E-state index in [9.17, 15) is 0 Å². The second-order valence-corrected chi connectivity index (χ2v) is 4.50. The number of nitrogens with one attached hydrogen (secondary N) is 1. The molecular weight excluding hydrogens is 202 g/mol. The lowest BCUT2D eigenvalue weighted by molar-refractivity contribution is 0.0155. The van der Waals surface area contributed by atoms with Crippen LogP contribution in [0.5, 0.6) is 0 Å². The second kappa shape index (κ2) is 5.46. The number of hydrogen-bond acceptors (Lipinski definition) is 3. The monoisotopic (exact) mass is 223 g/mol. The Labute approximate surface area is 97.0 Å². The Kier molecular flexibility index (Phi) is 3.96. The van der Waals surface area contributed by atoms with Crippen molar-refractivity contribution in [3.05, 3.63) is 18.0 Å². The minimum Gasteiger partial charge on any atom is -0.377 e. The lowest BCUT2D eigenvalue weighted by atomic mass is 10.1. The van der Waals surface area contributed by atoms with Gasteiger partial charge in [0.2, 0.25) is 0 Å². The van der Waals surface area contributed by atoms with Gasteiger partial charge in [-0.2, -0.15) is 5.10 Å². The SMILES string of the molecule is CC(NCC1CCCCO1)c1ccnn1C. The number of aromatic nitrogens is 2. The van der Waals surface area contributed by atoms with E-state index in [1.54, 1.807) is 0 Å². The van der Waals surface area contributed by atoms with Crippen LogP contribution in [0.4, 0.5) is 0 Å². The first-order valence-electron chi connectivity index (χ1n) is 6.10. The molecule has 4 nitrogen and oxygen atoms in total. The maximum Gasteiger partial charge on any atom is 0.0699 e. The molecule has 1 aromatic heterocycles. The molecule has 0 bridgehead atoms. The van der Waals surface area contributed by atoms with Gasteiger partial charge >= 0.3 is 0 Å². The Morgan fingerprint density at radius 1 is 1.62 bits per heavy atom. The van der Waals surface area contributed by atoms with Crippen molar-refractivity contribution in [2.45, 2.75) is 38.3 Å². The minimum absolute atomic E-state index is 0.332. The van der Waals surface area contributed by atoms with Crippen LogP contribution in [-0.2, 0) is 11.8 Å². The van der Waals surface area contributed by atoms with E-state index < -0.39 is 0 Å². The lowest BCUT2D eigenvalue weighted by Gasteiger charge is -2.24. The molecule has 0 aromatic carbocycles. The summed E-state index contributed by atoms with van der Waals surface area (Å²) < 4.78 is 7.61. The van der Waals surface area contributed by atoms with E-state index in [4.69, 9.17) is 4.74 Å². The summed E-state index contributed by atoms with van der Waals surface area (Å²) in [6.45, 7) is 4.03. The van der Waals surface area contributed by atoms with Crippen molar-refractivity contribution in [1.29, 1.82) is 0 Å². The summed E-state index contributed by atoms with van der Waals surface area (Å²) >= 11 is 0. The van der Waals surface area contributed by atoms with Gasteiger partial charge in [-0.05, 0) is 32.3 Å². The summed E-state index contributed by atoms with van der Waals surface area (Å²) in [5.74, 6) is 0. The van der Waals surface area contributed by atoms with Crippen molar-refractivity contribution in [2.75, 3.05) is 13.2 Å². The summed E-state index contributed by atoms with van der Waals surface area (Å²) in [6.07, 6.45) is 5.93. The summed E-state index contributed by atoms with van der Waals surface area (Å²) in [5, 5.41) is 7.69. The Bertz CT molecular complexity index is 318. The van der Waals surface area contributed by atoms with Crippen molar-refractivity contribution in [1.82, 2.24) is 15.1 Å². The van der Waals surface area contributed by atoms with E-state index in [-0.39, 0.29) is 0 Å². The van der Waals surface area contributed by atoms with Gasteiger partial charge in [-0.15, -0.1) is 0 Å². The summed E-state index contributed by atoms with van der Waals surface area (Å²) in [7, 11) is 1.98. The molecule has 0 aliphatic carbocycles. The van der Waals surface area contributed by atoms with Gasteiger partial charge in [-0.3, -0.25) is 4.68 Å². The fourth-order valence-electron chi connectivity index (χ4n) is 2.19. The molecule has 2 unspecified atom stereocenters. The normalized spacial score (nSPS) is 23.2. The average molecular weight is 223 g/mol. The number of nitrogens with zero attached hydrogens (tertiary/aromatic N) is 2. The topological polar surface area (TPSA) is 39.1 Å². The highest BCUT2D eigenvalue weighted by atomic mass is 16.5. The number of rotatable bonds is 4. The van der Waals surface area contributed by atoms with Crippen LogP contribution < -0.4 is 5.32 Å². The van der Waals surface area contributed by atoms with Crippen LogP contribution in [0.1, 0.15) is 37.9 Å². The average Bonchev–Trinajstić information content (AvgIpc) is 2.74. The first-order valence-corrected chi connectivity index (χ1v) is 6.10. The van der Waals surface area contributed by atoms with Crippen molar-refractivity contribution in [3.63, 3.8) is 0 Å². The summed E-state index contributed by atoms with van der Waals surface area (Å²) in [6, 6.07) is 2.39. The molecule has 16 heavy (non-hydrogen) atoms. The van der Waals surface area contributed by atoms with Crippen molar-refractivity contribution < 1.29 is 4.74 Å². The van der Waals surface area contributed by atoms with E-state index in [1.807, 2.05) is 17.9 Å². The van der Waals surface area contributed by atoms with Crippen molar-refractivity contribution in [3.8, 4) is 0 Å². The fraction of sp³-hybridized carbons (Fsp3) is 0.750. The van der Waals surface area contributed by atoms with Gasteiger partial charge in [-0.1, -0.05) is 0 Å². The largest absolute Gasteiger partial charge is 0.377 e. The summed E-state index contributed by atoms with van der Waals surface area (Å²) in [5.41, 5.74) is 1.22. The molecule has 1 aliphatic rings. The smallest absolute Gasteiger partial charge is 0.0699 e. The Hall–Kier alpha value is -0.870. The first kappa shape index (κ1) is 11.6. The molecule has 1 aliphatic heterocycles. The van der Waals surface area contributed by atoms with Gasteiger partial charge in [0.05, 0.1) is 11.8 Å². The van der Waals surface area contributed by atoms with Gasteiger partial charge in [0.1, 0.15) is 0 Å². The Morgan fingerprint density at radius 3 is 3.12 bits per heavy atom. The zero-order chi connectivity index (χ0) is 11.4. The maximum atomic E-state index is 5.69. The number of aryl methyl sites for hydroxylation is 1. The standard InChI is InChI=1S/C12H21N3O/c1-10(12-6-7-14-15(12)2)13-9-11-5-3-4-8-16-11/h6-7,10-11,13H,3-5,8-9H2,1-2H3. The fourth-order valence-corrected chi connectivity index (χ4v) is 2.19. The summed E-state index contributed by atoms with van der Waals surface area (Å²) in [4.78, 5) is 0. The molecule has 4 heteroatoms. The Morgan fingerprint density at radius 2 is 2.50 bits per heavy atom. The zero-order valence-electron chi connectivity index (χ0n) is 10.1. The van der Waals surface area contributed by atoms with Crippen LogP contribution in [0.15, 0.2) is 12.3 Å². The van der Waals surface area contributed by atoms with Gasteiger partial charge in [-0.25, -0.2) is 0 Å². The third kappa shape index (κ3) is 2.83. The highest BCUT2D eigenvalue weighted by Gasteiger charge is 2.15. The van der Waals surface area contributed by atoms with E-state index in [0.29, 0.717) is 12.1 Å². The Balaban J connectivity index is 1.79. The molecule has 1 N–H and O–H groups in total. The molecule has 0 amide bonds. The number of hydrogen-bond donors (Lipinski definition) is 1. The van der Waals surface area contributed by atoms with Gasteiger partial charge in [0.25, 0.3) is 0 Å². The van der Waals surface area contributed by atoms with Crippen LogP contribution in [0.2, 0.25) is 0 Å². The molecule has 1 saturated heterocycles. The molecular formula is C12H21N3O. The predicted molar refractivity (Wildman–Crippen MR) is 63.2 cm³/mol. The zero-order valence-corrected chi connectivity index (χ0v) is 10.1. The van der Waals surface area contributed by atoms with E-state index in [2.05, 4.69) is 23.4 Å². The molecule has 2 rings (SSSR count). The lowest BCUT2D eigenvalue weighted by Crippen LogP contribution is -2.33. The van der Waals surface area contributed by atoms with E-state index in [1.165, 1.54) is 25.0 Å². The van der Waals surface area contributed by atoms with E-state index >= 15 is 0 Å². The molecule has 1 aromatic rings. The third-order valence-corrected chi connectivity index (χ3v) is 3.23. The van der Waals surface area contributed by atoms with Crippen LogP contribution in [0.25, 0.3) is 0 Å². The van der Waals surface area contributed by atoms with Crippen molar-refractivity contribution >= 4 is 0 Å². The quantitative estimate of drug-likeness (QED) is 0.843. The minimum atomic E-state index is 0.332. The third-order valence-electron chi connectivity index (χ3n) is 3.23. The predicted octanol–water partition coefficient (Wildman–Crippen LogP) is 1.64. The van der Waals surface area contributed by atoms with Crippen LogP contribution in [0.3, 0.4) is 0 Å². The molecule has 90 valence electrons. The molecule has 2 heterocycles. The molecule has 1 fully saturated rings. The van der Waals surface area contributed by atoms with E-state index in [0.717, 1.165) is 13.2 Å². The highest BCUT2D eigenvalue weighted by molar-refractivity contribution is 5.05. The van der Waals surface area contributed by atoms with Crippen LogP contribution in [-0.4, -0.2) is 29.0 Å². The number of ether oxygens (including phenoxy) is 1. The van der Waals surface area contributed by atoms with Gasteiger partial charge in [0.15, 0.2) is 0 Å². The van der Waals surface area contributed by atoms with Crippen LogP contribution in [0, 0.1) is 0 Å². The first-order chi connectivity index (χ1) is 7.77. The van der Waals surface area contributed by atoms with Crippen molar-refractivity contribution in [2.24, 2.45) is 7.05 Å². The highest BCUT2D eigenvalue weighted by Crippen LogP contribution is 2.14. The molecule has 0 saturated carbocycles. The van der Waals surface area contributed by atoms with Gasteiger partial charge in [0, 0.05) is 32.4 Å². The second-order valence-electron chi connectivity index (χ2n) is 4.50. The van der Waals surface area contributed by atoms with Crippen LogP contribution >= 0.6 is 0 Å². The maximum absolute atomic E-state index is 5.69. The molecule has 0 radical (unpaired) electrons. The van der Waals surface area contributed by atoms with Gasteiger partial charge < -0.3 is 10.1 Å². The molecule has 0 spiro atoms.